The molecule has 7 heteroatoms. The zero-order valence-electron chi connectivity index (χ0n) is 16.6. The fourth-order valence-corrected chi connectivity index (χ4v) is 3.67. The van der Waals surface area contributed by atoms with Gasteiger partial charge in [-0.25, -0.2) is 9.80 Å². The van der Waals surface area contributed by atoms with Crippen molar-refractivity contribution in [3.05, 3.63) is 91.3 Å². The van der Waals surface area contributed by atoms with E-state index in [0.717, 1.165) is 32.1 Å². The van der Waals surface area contributed by atoms with Crippen molar-refractivity contribution < 1.29 is 19.2 Å². The Morgan fingerprint density at radius 2 is 0.812 bits per heavy atom. The molecular formula is C25H15N3O4. The zero-order chi connectivity index (χ0) is 22.2. The second kappa shape index (κ2) is 7.55. The van der Waals surface area contributed by atoms with E-state index >= 15 is 0 Å². The van der Waals surface area contributed by atoms with Gasteiger partial charge in [0.1, 0.15) is 0 Å². The summed E-state index contributed by atoms with van der Waals surface area (Å²) >= 11 is 0. The van der Waals surface area contributed by atoms with Gasteiger partial charge in [-0.3, -0.25) is 24.2 Å². The van der Waals surface area contributed by atoms with Crippen LogP contribution >= 0.6 is 0 Å². The van der Waals surface area contributed by atoms with Gasteiger partial charge in [0.15, 0.2) is 0 Å². The number of nitrogens with zero attached hydrogens (tertiary/aromatic N) is 3. The number of pyridine rings is 1. The van der Waals surface area contributed by atoms with Gasteiger partial charge in [0.25, 0.3) is 23.6 Å². The van der Waals surface area contributed by atoms with Crippen molar-refractivity contribution in [2.75, 3.05) is 9.80 Å². The number of benzene rings is 2. The molecule has 0 saturated carbocycles. The van der Waals surface area contributed by atoms with E-state index in [4.69, 9.17) is 0 Å². The van der Waals surface area contributed by atoms with Crippen molar-refractivity contribution >= 4 is 35.0 Å². The number of carbonyl (C=O) groups is 4. The van der Waals surface area contributed by atoms with E-state index in [1.165, 1.54) is 24.3 Å². The predicted molar refractivity (Wildman–Crippen MR) is 118 cm³/mol. The molecule has 4 amide bonds. The van der Waals surface area contributed by atoms with Crippen molar-refractivity contribution in [3.8, 4) is 22.3 Å². The number of carbonyl (C=O) groups excluding carboxylic acids is 4. The van der Waals surface area contributed by atoms with Gasteiger partial charge in [0.2, 0.25) is 0 Å². The summed E-state index contributed by atoms with van der Waals surface area (Å²) in [5, 5.41) is 0. The molecule has 0 saturated heterocycles. The van der Waals surface area contributed by atoms with E-state index in [9.17, 15) is 19.2 Å². The third kappa shape index (κ3) is 3.31. The maximum atomic E-state index is 11.9. The molecule has 2 aliphatic rings. The molecule has 154 valence electrons. The van der Waals surface area contributed by atoms with Gasteiger partial charge in [-0.15, -0.1) is 0 Å². The summed E-state index contributed by atoms with van der Waals surface area (Å²) in [6.45, 7) is 0. The van der Waals surface area contributed by atoms with Crippen LogP contribution in [0, 0.1) is 0 Å². The number of anilines is 2. The molecule has 0 aliphatic carbocycles. The van der Waals surface area contributed by atoms with Crippen LogP contribution in [0.4, 0.5) is 11.4 Å². The molecule has 0 atom stereocenters. The lowest BCUT2D eigenvalue weighted by atomic mass is 10.0. The Balaban J connectivity index is 1.39. The molecule has 0 spiro atoms. The Morgan fingerprint density at radius 3 is 1.16 bits per heavy atom. The second-order valence-corrected chi connectivity index (χ2v) is 7.25. The van der Waals surface area contributed by atoms with Crippen LogP contribution in [-0.4, -0.2) is 28.6 Å². The summed E-state index contributed by atoms with van der Waals surface area (Å²) in [5.41, 5.74) is 4.51. The summed E-state index contributed by atoms with van der Waals surface area (Å²) in [5.74, 6) is -1.43. The highest BCUT2D eigenvalue weighted by atomic mass is 16.2. The highest BCUT2D eigenvalue weighted by molar-refractivity contribution is 6.28. The molecule has 2 aliphatic heterocycles. The van der Waals surface area contributed by atoms with Gasteiger partial charge in [-0.1, -0.05) is 24.3 Å². The minimum Gasteiger partial charge on any atom is -0.269 e. The average Bonchev–Trinajstić information content (AvgIpc) is 3.34. The van der Waals surface area contributed by atoms with Crippen LogP contribution in [0.25, 0.3) is 22.3 Å². The maximum absolute atomic E-state index is 11.9. The molecule has 0 bridgehead atoms. The Labute approximate surface area is 182 Å². The number of imide groups is 2. The summed E-state index contributed by atoms with van der Waals surface area (Å²) in [7, 11) is 0. The molecule has 0 N–H and O–H groups in total. The third-order valence-corrected chi connectivity index (χ3v) is 5.27. The van der Waals surface area contributed by atoms with Crippen molar-refractivity contribution in [3.63, 3.8) is 0 Å². The third-order valence-electron chi connectivity index (χ3n) is 5.27. The monoisotopic (exact) mass is 421 g/mol. The SMILES string of the molecule is O=C1C=CC(=O)N1c1ccc(-c2cncc(-c3ccc(N4C(=O)C=CC4=O)cc3)c2)cc1. The normalized spacial score (nSPS) is 15.4. The number of amides is 4. The van der Waals surface area contributed by atoms with Crippen LogP contribution < -0.4 is 9.80 Å². The Kier molecular flexibility index (Phi) is 4.56. The molecule has 5 rings (SSSR count). The van der Waals surface area contributed by atoms with E-state index in [0.29, 0.717) is 11.4 Å². The van der Waals surface area contributed by atoms with Crippen LogP contribution in [0.1, 0.15) is 0 Å². The molecule has 0 radical (unpaired) electrons. The topological polar surface area (TPSA) is 87.7 Å². The smallest absolute Gasteiger partial charge is 0.258 e. The standard InChI is InChI=1S/C25H15N3O4/c29-22-9-10-23(30)27(22)20-5-1-16(2-6-20)18-13-19(15-26-14-18)17-3-7-21(8-4-17)28-24(31)11-12-25(28)32/h1-15H. The van der Waals surface area contributed by atoms with Crippen molar-refractivity contribution in [2.24, 2.45) is 0 Å². The quantitative estimate of drug-likeness (QED) is 0.604. The summed E-state index contributed by atoms with van der Waals surface area (Å²) in [6, 6.07) is 16.2. The first kappa shape index (κ1) is 19.3. The molecule has 0 fully saturated rings. The number of aromatic nitrogens is 1. The fourth-order valence-electron chi connectivity index (χ4n) is 3.67. The van der Waals surface area contributed by atoms with Gasteiger partial charge < -0.3 is 0 Å². The number of hydrogen-bond acceptors (Lipinski definition) is 5. The minimum absolute atomic E-state index is 0.358. The van der Waals surface area contributed by atoms with E-state index in [1.807, 2.05) is 30.3 Å². The van der Waals surface area contributed by atoms with Crippen LogP contribution in [0.3, 0.4) is 0 Å². The first-order valence-electron chi connectivity index (χ1n) is 9.79. The first-order valence-corrected chi connectivity index (χ1v) is 9.79. The highest BCUT2D eigenvalue weighted by Gasteiger charge is 2.25. The summed E-state index contributed by atoms with van der Waals surface area (Å²) < 4.78 is 0. The predicted octanol–water partition coefficient (Wildman–Crippen LogP) is 3.27. The second-order valence-electron chi connectivity index (χ2n) is 7.25. The lowest BCUT2D eigenvalue weighted by molar-refractivity contribution is -0.121. The zero-order valence-corrected chi connectivity index (χ0v) is 16.6. The molecular weight excluding hydrogens is 406 g/mol. The van der Waals surface area contributed by atoms with E-state index in [-0.39, 0.29) is 23.6 Å². The van der Waals surface area contributed by atoms with Crippen LogP contribution in [-0.2, 0) is 19.2 Å². The molecule has 0 unspecified atom stereocenters. The van der Waals surface area contributed by atoms with Crippen LogP contribution in [0.2, 0.25) is 0 Å². The minimum atomic E-state index is -0.358. The molecule has 32 heavy (non-hydrogen) atoms. The van der Waals surface area contributed by atoms with Gasteiger partial charge >= 0.3 is 0 Å². The molecule has 7 nitrogen and oxygen atoms in total. The van der Waals surface area contributed by atoms with Crippen LogP contribution in [0.5, 0.6) is 0 Å². The molecule has 1 aromatic heterocycles. The summed E-state index contributed by atoms with van der Waals surface area (Å²) in [4.78, 5) is 54.0. The number of hydrogen-bond donors (Lipinski definition) is 0. The Morgan fingerprint density at radius 1 is 0.469 bits per heavy atom. The largest absolute Gasteiger partial charge is 0.269 e. The van der Waals surface area contributed by atoms with Gasteiger partial charge in [0, 0.05) is 47.8 Å². The lowest BCUT2D eigenvalue weighted by Crippen LogP contribution is -2.29. The van der Waals surface area contributed by atoms with Crippen molar-refractivity contribution in [2.45, 2.75) is 0 Å². The Hall–Kier alpha value is -4.65. The first-order chi connectivity index (χ1) is 15.5. The fraction of sp³-hybridized carbons (Fsp3) is 0. The average molecular weight is 421 g/mol. The van der Waals surface area contributed by atoms with Crippen molar-refractivity contribution in [1.29, 1.82) is 0 Å². The van der Waals surface area contributed by atoms with E-state index in [2.05, 4.69) is 4.98 Å². The lowest BCUT2D eigenvalue weighted by Gasteiger charge is -2.15. The van der Waals surface area contributed by atoms with E-state index in [1.54, 1.807) is 36.7 Å². The van der Waals surface area contributed by atoms with Gasteiger partial charge in [0.05, 0.1) is 11.4 Å². The highest BCUT2D eigenvalue weighted by Crippen LogP contribution is 2.29. The maximum Gasteiger partial charge on any atom is 0.258 e. The van der Waals surface area contributed by atoms with E-state index < -0.39 is 0 Å². The van der Waals surface area contributed by atoms with Crippen LogP contribution in [0.15, 0.2) is 91.3 Å². The molecule has 3 aromatic rings. The number of rotatable bonds is 4. The van der Waals surface area contributed by atoms with Gasteiger partial charge in [-0.2, -0.15) is 0 Å². The molecule has 2 aromatic carbocycles. The Bertz CT molecular complexity index is 1200. The summed E-state index contributed by atoms with van der Waals surface area (Å²) in [6.07, 6.45) is 8.46. The van der Waals surface area contributed by atoms with Crippen molar-refractivity contribution in [1.82, 2.24) is 4.98 Å². The molecule has 3 heterocycles. The van der Waals surface area contributed by atoms with Gasteiger partial charge in [-0.05, 0) is 41.5 Å².